The standard InChI is InChI=1S/C25H23ClN4O/c26-20-5-3-4-18(12-20)24-16-27-15-23(29-24)17-8-10-30(11-9-17)25(31)13-19-14-28-22-7-2-1-6-21(19)22/h1-7,12,14-17,28H,8-11,13H2. The summed E-state index contributed by atoms with van der Waals surface area (Å²) in [5.74, 6) is 0.491. The van der Waals surface area contributed by atoms with Crippen LogP contribution in [0.15, 0.2) is 67.1 Å². The summed E-state index contributed by atoms with van der Waals surface area (Å²) in [6.45, 7) is 1.49. The topological polar surface area (TPSA) is 61.9 Å². The highest BCUT2D eigenvalue weighted by Gasteiger charge is 2.25. The minimum atomic E-state index is 0.182. The molecule has 6 heteroatoms. The molecule has 31 heavy (non-hydrogen) atoms. The second kappa shape index (κ2) is 8.52. The molecule has 1 amide bonds. The first-order chi connectivity index (χ1) is 15.2. The van der Waals surface area contributed by atoms with Gasteiger partial charge in [-0.3, -0.25) is 9.78 Å². The Morgan fingerprint density at radius 3 is 2.77 bits per heavy atom. The Morgan fingerprint density at radius 1 is 1.10 bits per heavy atom. The first-order valence-electron chi connectivity index (χ1n) is 10.6. The van der Waals surface area contributed by atoms with E-state index in [1.165, 1.54) is 0 Å². The zero-order chi connectivity index (χ0) is 21.2. The van der Waals surface area contributed by atoms with Crippen LogP contribution < -0.4 is 0 Å². The van der Waals surface area contributed by atoms with Gasteiger partial charge in [0.25, 0.3) is 0 Å². The number of hydrogen-bond donors (Lipinski definition) is 1. The highest BCUT2D eigenvalue weighted by molar-refractivity contribution is 6.30. The number of amides is 1. The molecule has 1 aliphatic rings. The van der Waals surface area contributed by atoms with Crippen molar-refractivity contribution in [1.82, 2.24) is 19.9 Å². The fourth-order valence-electron chi connectivity index (χ4n) is 4.34. The quantitative estimate of drug-likeness (QED) is 0.482. The molecule has 0 aliphatic carbocycles. The lowest BCUT2D eigenvalue weighted by molar-refractivity contribution is -0.131. The number of para-hydroxylation sites is 1. The number of H-pyrrole nitrogens is 1. The van der Waals surface area contributed by atoms with Crippen LogP contribution in [0.3, 0.4) is 0 Å². The summed E-state index contributed by atoms with van der Waals surface area (Å²) in [7, 11) is 0. The third kappa shape index (κ3) is 4.19. The first-order valence-corrected chi connectivity index (χ1v) is 11.0. The number of aromatic amines is 1. The van der Waals surface area contributed by atoms with Crippen LogP contribution in [0.1, 0.15) is 30.0 Å². The van der Waals surface area contributed by atoms with Crippen LogP contribution >= 0.6 is 11.6 Å². The van der Waals surface area contributed by atoms with E-state index in [4.69, 9.17) is 16.6 Å². The van der Waals surface area contributed by atoms with Gasteiger partial charge in [0.2, 0.25) is 5.91 Å². The average Bonchev–Trinajstić information content (AvgIpc) is 3.22. The van der Waals surface area contributed by atoms with E-state index in [1.54, 1.807) is 6.20 Å². The zero-order valence-corrected chi connectivity index (χ0v) is 17.8. The van der Waals surface area contributed by atoms with Crippen LogP contribution in [0.5, 0.6) is 0 Å². The number of piperidine rings is 1. The Bertz CT molecular complexity index is 1230. The predicted octanol–water partition coefficient (Wildman–Crippen LogP) is 5.23. The molecule has 156 valence electrons. The predicted molar refractivity (Wildman–Crippen MR) is 123 cm³/mol. The molecular formula is C25H23ClN4O. The molecule has 0 radical (unpaired) electrons. The van der Waals surface area contributed by atoms with Crippen molar-refractivity contribution < 1.29 is 4.79 Å². The fraction of sp³-hybridized carbons (Fsp3) is 0.240. The van der Waals surface area contributed by atoms with Gasteiger partial charge in [0.05, 0.1) is 24.0 Å². The minimum absolute atomic E-state index is 0.182. The lowest BCUT2D eigenvalue weighted by Crippen LogP contribution is -2.38. The Labute approximate surface area is 186 Å². The van der Waals surface area contributed by atoms with Crippen LogP contribution in [-0.4, -0.2) is 38.8 Å². The Kier molecular flexibility index (Phi) is 5.43. The van der Waals surface area contributed by atoms with E-state index in [2.05, 4.69) is 16.0 Å². The monoisotopic (exact) mass is 430 g/mol. The summed E-state index contributed by atoms with van der Waals surface area (Å²) in [6.07, 6.45) is 7.79. The molecule has 5 nitrogen and oxygen atoms in total. The SMILES string of the molecule is O=C(Cc1c[nH]c2ccccc12)N1CCC(c2cncc(-c3cccc(Cl)c3)n2)CC1. The van der Waals surface area contributed by atoms with Gasteiger partial charge < -0.3 is 9.88 Å². The summed E-state index contributed by atoms with van der Waals surface area (Å²) in [5, 5.41) is 1.81. The smallest absolute Gasteiger partial charge is 0.227 e. The lowest BCUT2D eigenvalue weighted by Gasteiger charge is -2.31. The zero-order valence-electron chi connectivity index (χ0n) is 17.1. The number of likely N-dealkylation sites (tertiary alicyclic amines) is 1. The number of nitrogens with one attached hydrogen (secondary N) is 1. The van der Waals surface area contributed by atoms with Crippen molar-refractivity contribution in [3.63, 3.8) is 0 Å². The minimum Gasteiger partial charge on any atom is -0.361 e. The molecule has 3 heterocycles. The van der Waals surface area contributed by atoms with Crippen LogP contribution in [0, 0.1) is 0 Å². The largest absolute Gasteiger partial charge is 0.361 e. The van der Waals surface area contributed by atoms with Gasteiger partial charge in [0.15, 0.2) is 0 Å². The molecule has 1 fully saturated rings. The van der Waals surface area contributed by atoms with E-state index in [-0.39, 0.29) is 5.91 Å². The number of aromatic nitrogens is 3. The molecule has 5 rings (SSSR count). The van der Waals surface area contributed by atoms with E-state index in [0.29, 0.717) is 17.4 Å². The van der Waals surface area contributed by atoms with Gasteiger partial charge in [-0.15, -0.1) is 0 Å². The van der Waals surface area contributed by atoms with E-state index in [9.17, 15) is 4.79 Å². The van der Waals surface area contributed by atoms with Gasteiger partial charge in [0, 0.05) is 52.9 Å². The van der Waals surface area contributed by atoms with Crippen molar-refractivity contribution in [2.45, 2.75) is 25.2 Å². The number of halogens is 1. The van der Waals surface area contributed by atoms with Crippen molar-refractivity contribution in [3.05, 3.63) is 83.4 Å². The maximum absolute atomic E-state index is 12.9. The molecular weight excluding hydrogens is 408 g/mol. The van der Waals surface area contributed by atoms with E-state index in [0.717, 1.165) is 59.3 Å². The second-order valence-electron chi connectivity index (χ2n) is 8.03. The average molecular weight is 431 g/mol. The van der Waals surface area contributed by atoms with Crippen molar-refractivity contribution in [2.75, 3.05) is 13.1 Å². The maximum Gasteiger partial charge on any atom is 0.227 e. The normalized spacial score (nSPS) is 14.8. The van der Waals surface area contributed by atoms with E-state index in [1.807, 2.05) is 59.8 Å². The summed E-state index contributed by atoms with van der Waals surface area (Å²) < 4.78 is 0. The number of benzene rings is 2. The van der Waals surface area contributed by atoms with Gasteiger partial charge in [-0.2, -0.15) is 0 Å². The van der Waals surface area contributed by atoms with Gasteiger partial charge in [-0.25, -0.2) is 4.98 Å². The molecule has 0 atom stereocenters. The number of fused-ring (bicyclic) bond motifs is 1. The third-order valence-electron chi connectivity index (χ3n) is 6.06. The molecule has 2 aromatic carbocycles. The fourth-order valence-corrected chi connectivity index (χ4v) is 4.53. The van der Waals surface area contributed by atoms with Crippen LogP contribution in [0.2, 0.25) is 5.02 Å². The molecule has 1 saturated heterocycles. The maximum atomic E-state index is 12.9. The van der Waals surface area contributed by atoms with E-state index < -0.39 is 0 Å². The summed E-state index contributed by atoms with van der Waals surface area (Å²) in [4.78, 5) is 27.4. The third-order valence-corrected chi connectivity index (χ3v) is 6.29. The van der Waals surface area contributed by atoms with Gasteiger partial charge in [0.1, 0.15) is 0 Å². The summed E-state index contributed by atoms with van der Waals surface area (Å²) in [5.41, 5.74) is 4.91. The van der Waals surface area contributed by atoms with E-state index >= 15 is 0 Å². The summed E-state index contributed by atoms with van der Waals surface area (Å²) >= 11 is 6.12. The number of rotatable bonds is 4. The van der Waals surface area contributed by atoms with Crippen molar-refractivity contribution in [2.24, 2.45) is 0 Å². The molecule has 4 aromatic rings. The number of carbonyl (C=O) groups excluding carboxylic acids is 1. The first kappa shape index (κ1) is 19.8. The second-order valence-corrected chi connectivity index (χ2v) is 8.47. The number of hydrogen-bond acceptors (Lipinski definition) is 3. The molecule has 0 unspecified atom stereocenters. The number of carbonyl (C=O) groups is 1. The number of nitrogens with zero attached hydrogens (tertiary/aromatic N) is 3. The van der Waals surface area contributed by atoms with Gasteiger partial charge in [-0.1, -0.05) is 41.9 Å². The van der Waals surface area contributed by atoms with Crippen LogP contribution in [-0.2, 0) is 11.2 Å². The van der Waals surface area contributed by atoms with Crippen molar-refractivity contribution >= 4 is 28.4 Å². The van der Waals surface area contributed by atoms with Gasteiger partial charge in [-0.05, 0) is 36.6 Å². The highest BCUT2D eigenvalue weighted by Crippen LogP contribution is 2.29. The Morgan fingerprint density at radius 2 is 1.94 bits per heavy atom. The molecule has 0 spiro atoms. The lowest BCUT2D eigenvalue weighted by atomic mass is 9.93. The Balaban J connectivity index is 1.24. The molecule has 1 aliphatic heterocycles. The highest BCUT2D eigenvalue weighted by atomic mass is 35.5. The summed E-state index contributed by atoms with van der Waals surface area (Å²) in [6, 6.07) is 15.8. The van der Waals surface area contributed by atoms with Crippen LogP contribution in [0.4, 0.5) is 0 Å². The van der Waals surface area contributed by atoms with Gasteiger partial charge >= 0.3 is 0 Å². The molecule has 0 bridgehead atoms. The van der Waals surface area contributed by atoms with Crippen molar-refractivity contribution in [3.8, 4) is 11.3 Å². The molecule has 1 N–H and O–H groups in total. The van der Waals surface area contributed by atoms with Crippen LogP contribution in [0.25, 0.3) is 22.2 Å². The molecule has 0 saturated carbocycles. The van der Waals surface area contributed by atoms with Crippen molar-refractivity contribution in [1.29, 1.82) is 0 Å². The molecule has 2 aromatic heterocycles. The Hall–Kier alpha value is -3.18.